The SMILES string of the molecule is CC(C)C(=O)NC1=CC(c2ccc3c(n2)C(c2nc4c(-c5ccc6c(c5)OCO6)nccc4[nH]2)=CNN3C)=CCN=C1. The maximum atomic E-state index is 12.3. The first kappa shape index (κ1) is 25.5. The molecule has 0 atom stereocenters. The lowest BCUT2D eigenvalue weighted by atomic mass is 10.0. The number of pyridine rings is 2. The van der Waals surface area contributed by atoms with Crippen molar-refractivity contribution < 1.29 is 14.3 Å². The fourth-order valence-electron chi connectivity index (χ4n) is 4.98. The second-order valence-electron chi connectivity index (χ2n) is 10.4. The molecule has 11 nitrogen and oxygen atoms in total. The fourth-order valence-corrected chi connectivity index (χ4v) is 4.98. The standard InChI is InChI=1S/C31H28N8O3/c1-17(2)31(40)35-20-12-18(8-10-32-14-20)22-5-6-24-28(36-22)21(15-34-39(24)3)30-37-23-9-11-33-27(29(23)38-30)19-4-7-25-26(13-19)42-16-41-25/h4-9,11-15,17,34H,10,16H2,1-3H3,(H,35,40)(H,37,38). The van der Waals surface area contributed by atoms with Crippen molar-refractivity contribution in [2.24, 2.45) is 10.9 Å². The number of aliphatic imine (C=N–C) groups is 1. The van der Waals surface area contributed by atoms with Gasteiger partial charge in [-0.15, -0.1) is 0 Å². The lowest BCUT2D eigenvalue weighted by Gasteiger charge is -2.27. The summed E-state index contributed by atoms with van der Waals surface area (Å²) in [6.07, 6.45) is 9.24. The Morgan fingerprint density at radius 2 is 1.95 bits per heavy atom. The molecule has 3 aliphatic rings. The highest BCUT2D eigenvalue weighted by Crippen LogP contribution is 2.38. The lowest BCUT2D eigenvalue weighted by Crippen LogP contribution is -2.34. The number of amides is 1. The van der Waals surface area contributed by atoms with Crippen LogP contribution in [0, 0.1) is 5.92 Å². The van der Waals surface area contributed by atoms with E-state index in [9.17, 15) is 4.79 Å². The molecule has 4 aromatic rings. The molecule has 0 bridgehead atoms. The first-order valence-electron chi connectivity index (χ1n) is 13.6. The number of hydrogen-bond acceptors (Lipinski definition) is 9. The van der Waals surface area contributed by atoms with Gasteiger partial charge in [0.1, 0.15) is 17.0 Å². The quantitative estimate of drug-likeness (QED) is 0.331. The van der Waals surface area contributed by atoms with Crippen LogP contribution in [-0.4, -0.2) is 52.4 Å². The summed E-state index contributed by atoms with van der Waals surface area (Å²) in [5, 5.41) is 4.86. The summed E-state index contributed by atoms with van der Waals surface area (Å²) in [6.45, 7) is 4.40. The van der Waals surface area contributed by atoms with E-state index in [1.54, 1.807) is 12.4 Å². The number of nitrogens with zero attached hydrogens (tertiary/aromatic N) is 5. The largest absolute Gasteiger partial charge is 0.454 e. The third-order valence-corrected chi connectivity index (χ3v) is 7.24. The van der Waals surface area contributed by atoms with Gasteiger partial charge in [0.05, 0.1) is 40.4 Å². The third kappa shape index (κ3) is 4.54. The molecule has 1 amide bonds. The normalized spacial score (nSPS) is 15.5. The minimum absolute atomic E-state index is 0.0650. The number of benzene rings is 1. The first-order valence-corrected chi connectivity index (χ1v) is 13.6. The van der Waals surface area contributed by atoms with Crippen molar-refractivity contribution in [2.75, 3.05) is 25.4 Å². The molecule has 6 heterocycles. The van der Waals surface area contributed by atoms with Crippen molar-refractivity contribution in [3.05, 3.63) is 83.9 Å². The molecule has 0 spiro atoms. The maximum Gasteiger partial charge on any atom is 0.231 e. The van der Waals surface area contributed by atoms with Gasteiger partial charge < -0.3 is 25.2 Å². The zero-order chi connectivity index (χ0) is 28.8. The van der Waals surface area contributed by atoms with E-state index in [0.717, 1.165) is 50.5 Å². The van der Waals surface area contributed by atoms with Crippen LogP contribution in [0.3, 0.4) is 0 Å². The Morgan fingerprint density at radius 1 is 1.07 bits per heavy atom. The number of ether oxygens (including phenoxy) is 2. The summed E-state index contributed by atoms with van der Waals surface area (Å²) in [6, 6.07) is 11.7. The first-order chi connectivity index (χ1) is 20.4. The topological polar surface area (TPSA) is 130 Å². The number of anilines is 1. The van der Waals surface area contributed by atoms with Crippen LogP contribution in [-0.2, 0) is 4.79 Å². The van der Waals surface area contributed by atoms with Gasteiger partial charge in [0.2, 0.25) is 12.7 Å². The predicted molar refractivity (Wildman–Crippen MR) is 161 cm³/mol. The molecule has 0 aliphatic carbocycles. The Kier molecular flexibility index (Phi) is 6.19. The van der Waals surface area contributed by atoms with Crippen molar-refractivity contribution in [3.8, 4) is 22.8 Å². The Balaban J connectivity index is 1.27. The summed E-state index contributed by atoms with van der Waals surface area (Å²) in [7, 11) is 1.94. The van der Waals surface area contributed by atoms with Gasteiger partial charge in [-0.1, -0.05) is 19.9 Å². The monoisotopic (exact) mass is 560 g/mol. The highest BCUT2D eigenvalue weighted by molar-refractivity contribution is 5.95. The number of aromatic amines is 1. The Hall–Kier alpha value is -5.45. The molecule has 0 unspecified atom stereocenters. The van der Waals surface area contributed by atoms with E-state index >= 15 is 0 Å². The molecule has 42 heavy (non-hydrogen) atoms. The van der Waals surface area contributed by atoms with Gasteiger partial charge in [-0.2, -0.15) is 0 Å². The molecule has 0 saturated carbocycles. The molecule has 0 radical (unpaired) electrons. The number of imidazole rings is 1. The Morgan fingerprint density at radius 3 is 2.83 bits per heavy atom. The van der Waals surface area contributed by atoms with Crippen LogP contribution in [0.1, 0.15) is 31.1 Å². The third-order valence-electron chi connectivity index (χ3n) is 7.24. The van der Waals surface area contributed by atoms with Gasteiger partial charge in [-0.05, 0) is 42.5 Å². The van der Waals surface area contributed by atoms with Crippen molar-refractivity contribution >= 4 is 40.0 Å². The number of aromatic nitrogens is 4. The van der Waals surface area contributed by atoms with E-state index in [4.69, 9.17) is 19.4 Å². The van der Waals surface area contributed by atoms with E-state index in [0.29, 0.717) is 29.6 Å². The Bertz CT molecular complexity index is 1870. The minimum atomic E-state index is -0.142. The number of rotatable bonds is 5. The van der Waals surface area contributed by atoms with Crippen LogP contribution in [0.2, 0.25) is 0 Å². The van der Waals surface area contributed by atoms with E-state index in [2.05, 4.69) is 25.7 Å². The van der Waals surface area contributed by atoms with Crippen molar-refractivity contribution in [1.82, 2.24) is 30.7 Å². The Labute approximate surface area is 241 Å². The summed E-state index contributed by atoms with van der Waals surface area (Å²) in [4.78, 5) is 34.9. The number of H-pyrrole nitrogens is 1. The summed E-state index contributed by atoms with van der Waals surface area (Å²) in [5.41, 5.74) is 11.2. The number of carbonyl (C=O) groups excluding carboxylic acids is 1. The van der Waals surface area contributed by atoms with Gasteiger partial charge >= 0.3 is 0 Å². The molecule has 3 aliphatic heterocycles. The van der Waals surface area contributed by atoms with Crippen LogP contribution in [0.5, 0.6) is 11.5 Å². The molecule has 3 aromatic heterocycles. The molecule has 1 aromatic carbocycles. The second kappa shape index (κ2) is 10.2. The zero-order valence-corrected chi connectivity index (χ0v) is 23.3. The second-order valence-corrected chi connectivity index (χ2v) is 10.4. The van der Waals surface area contributed by atoms with Gasteiger partial charge in [-0.25, -0.2) is 9.97 Å². The van der Waals surface area contributed by atoms with Crippen molar-refractivity contribution in [1.29, 1.82) is 0 Å². The average molecular weight is 561 g/mol. The number of allylic oxidation sites excluding steroid dienone is 3. The average Bonchev–Trinajstić information content (AvgIpc) is 3.58. The summed E-state index contributed by atoms with van der Waals surface area (Å²) in [5.74, 6) is 1.86. The zero-order valence-electron chi connectivity index (χ0n) is 23.3. The van der Waals surface area contributed by atoms with Crippen molar-refractivity contribution in [2.45, 2.75) is 13.8 Å². The van der Waals surface area contributed by atoms with E-state index in [1.165, 1.54) is 0 Å². The molecule has 3 N–H and O–H groups in total. The van der Waals surface area contributed by atoms with Gasteiger partial charge in [0.15, 0.2) is 11.5 Å². The number of hydrazine groups is 1. The molecule has 7 rings (SSSR count). The highest BCUT2D eigenvalue weighted by atomic mass is 16.7. The smallest absolute Gasteiger partial charge is 0.231 e. The molecule has 210 valence electrons. The van der Waals surface area contributed by atoms with Crippen LogP contribution >= 0.6 is 0 Å². The van der Waals surface area contributed by atoms with Gasteiger partial charge in [0.25, 0.3) is 0 Å². The van der Waals surface area contributed by atoms with E-state index in [-0.39, 0.29) is 18.6 Å². The number of hydrogen-bond donors (Lipinski definition) is 3. The minimum Gasteiger partial charge on any atom is -0.454 e. The van der Waals surface area contributed by atoms with Crippen LogP contribution < -0.4 is 25.2 Å². The molecular weight excluding hydrogens is 532 g/mol. The molecule has 0 saturated heterocycles. The van der Waals surface area contributed by atoms with Crippen molar-refractivity contribution in [3.63, 3.8) is 0 Å². The molecular formula is C31H28N8O3. The van der Waals surface area contributed by atoms with Crippen LogP contribution in [0.25, 0.3) is 33.4 Å². The van der Waals surface area contributed by atoms with Crippen LogP contribution in [0.4, 0.5) is 5.69 Å². The van der Waals surface area contributed by atoms with Gasteiger partial charge in [-0.3, -0.25) is 19.8 Å². The van der Waals surface area contributed by atoms with E-state index in [1.807, 2.05) is 80.7 Å². The van der Waals surface area contributed by atoms with Crippen LogP contribution in [0.15, 0.2) is 71.6 Å². The predicted octanol–water partition coefficient (Wildman–Crippen LogP) is 4.22. The summed E-state index contributed by atoms with van der Waals surface area (Å²) < 4.78 is 11.1. The highest BCUT2D eigenvalue weighted by Gasteiger charge is 2.24. The van der Waals surface area contributed by atoms with E-state index < -0.39 is 0 Å². The molecule has 0 fully saturated rings. The van der Waals surface area contributed by atoms with Gasteiger partial charge in [0, 0.05) is 42.7 Å². The maximum absolute atomic E-state index is 12.3. The summed E-state index contributed by atoms with van der Waals surface area (Å²) >= 11 is 0. The number of carbonyl (C=O) groups is 1. The fraction of sp³-hybridized carbons (Fsp3) is 0.194. The number of nitrogens with one attached hydrogen (secondary N) is 3. The molecule has 11 heteroatoms. The lowest BCUT2D eigenvalue weighted by molar-refractivity contribution is -0.123. The number of fused-ring (bicyclic) bond motifs is 3.